The molecular weight excluding hydrogens is 448 g/mol. The molecule has 2 aromatic rings. The number of nitrogens with zero attached hydrogens (tertiary/aromatic N) is 4. The molecule has 2 aliphatic heterocycles. The zero-order valence-corrected chi connectivity index (χ0v) is 21.6. The summed E-state index contributed by atoms with van der Waals surface area (Å²) in [6.45, 7) is 4.71. The molecule has 0 bridgehead atoms. The number of para-hydroxylation sites is 1. The van der Waals surface area contributed by atoms with Gasteiger partial charge in [0.1, 0.15) is 5.82 Å². The van der Waals surface area contributed by atoms with E-state index in [1.165, 1.54) is 11.3 Å². The number of rotatable bonds is 6. The number of aliphatic hydroxyl groups excluding tert-OH is 1. The minimum atomic E-state index is -2.04. The average Bonchev–Trinajstić information content (AvgIpc) is 3.60. The van der Waals surface area contributed by atoms with Crippen LogP contribution in [0.3, 0.4) is 0 Å². The molecule has 1 aromatic heterocycles. The molecule has 4 N–H and O–H groups in total. The van der Waals surface area contributed by atoms with Gasteiger partial charge in [-0.25, -0.2) is 4.98 Å². The van der Waals surface area contributed by atoms with E-state index in [1.54, 1.807) is 0 Å². The standard InChI is InChI=1S/C25H38N6O2S/c1-5-19-21(34(3,4)33)22(29-24(16-32)10-11-24)28-23(27-19)31-14-12-25(13-15-31)18-8-6-7-9-20(18)26-17-30(25)2/h6-9,26,32-33H,5,10-17H2,1-4H3,(H,27,28,29). The van der Waals surface area contributed by atoms with Gasteiger partial charge >= 0.3 is 0 Å². The largest absolute Gasteiger partial charge is 0.394 e. The Kier molecular flexibility index (Phi) is 5.95. The third kappa shape index (κ3) is 4.02. The molecule has 1 aromatic carbocycles. The lowest BCUT2D eigenvalue weighted by Gasteiger charge is -2.51. The van der Waals surface area contributed by atoms with Crippen LogP contribution in [0.25, 0.3) is 0 Å². The normalized spacial score (nSPS) is 21.6. The van der Waals surface area contributed by atoms with Gasteiger partial charge in [0.05, 0.1) is 34.9 Å². The summed E-state index contributed by atoms with van der Waals surface area (Å²) >= 11 is 0. The van der Waals surface area contributed by atoms with Gasteiger partial charge in [-0.1, -0.05) is 25.1 Å². The first-order valence-electron chi connectivity index (χ1n) is 12.3. The monoisotopic (exact) mass is 486 g/mol. The molecule has 1 aliphatic carbocycles. The Morgan fingerprint density at radius 3 is 2.44 bits per heavy atom. The number of fused-ring (bicyclic) bond motifs is 2. The molecule has 3 heterocycles. The number of hydrogen-bond donors (Lipinski definition) is 4. The van der Waals surface area contributed by atoms with Crippen LogP contribution in [-0.2, 0) is 12.0 Å². The van der Waals surface area contributed by atoms with Crippen molar-refractivity contribution in [3.05, 3.63) is 35.5 Å². The first-order chi connectivity index (χ1) is 16.2. The van der Waals surface area contributed by atoms with Gasteiger partial charge in [0.15, 0.2) is 0 Å². The molecule has 3 aliphatic rings. The molecule has 186 valence electrons. The highest BCUT2D eigenvalue weighted by molar-refractivity contribution is 8.28. The number of nitrogens with one attached hydrogen (secondary N) is 2. The molecule has 34 heavy (non-hydrogen) atoms. The minimum Gasteiger partial charge on any atom is -0.394 e. The second-order valence-electron chi connectivity index (χ2n) is 10.4. The molecule has 0 amide bonds. The fourth-order valence-corrected chi connectivity index (χ4v) is 6.87. The lowest BCUT2D eigenvalue weighted by atomic mass is 9.78. The van der Waals surface area contributed by atoms with Crippen LogP contribution >= 0.6 is 10.3 Å². The van der Waals surface area contributed by atoms with Crippen LogP contribution in [-0.4, -0.2) is 76.0 Å². The molecular formula is C25H38N6O2S. The van der Waals surface area contributed by atoms with Gasteiger partial charge in [-0.15, -0.1) is 10.3 Å². The highest BCUT2D eigenvalue weighted by atomic mass is 32.3. The fraction of sp³-hybridized carbons (Fsp3) is 0.600. The Hall–Kier alpha value is -2.07. The van der Waals surface area contributed by atoms with Crippen molar-refractivity contribution >= 4 is 27.8 Å². The summed E-state index contributed by atoms with van der Waals surface area (Å²) in [6, 6.07) is 8.67. The van der Waals surface area contributed by atoms with E-state index in [0.29, 0.717) is 5.82 Å². The van der Waals surface area contributed by atoms with E-state index < -0.39 is 10.3 Å². The summed E-state index contributed by atoms with van der Waals surface area (Å²) in [4.78, 5) is 15.5. The highest BCUT2D eigenvalue weighted by Gasteiger charge is 2.45. The van der Waals surface area contributed by atoms with Crippen LogP contribution in [0.5, 0.6) is 0 Å². The Labute approximate surface area is 204 Å². The summed E-state index contributed by atoms with van der Waals surface area (Å²) < 4.78 is 11.0. The number of aryl methyl sites for hydroxylation is 1. The maximum atomic E-state index is 11.0. The third-order valence-corrected chi connectivity index (χ3v) is 9.27. The second kappa shape index (κ2) is 8.55. The molecule has 5 rings (SSSR count). The Balaban J connectivity index is 1.46. The van der Waals surface area contributed by atoms with E-state index in [-0.39, 0.29) is 17.7 Å². The minimum absolute atomic E-state index is 0.0130. The van der Waals surface area contributed by atoms with Gasteiger partial charge in [-0.2, -0.15) is 4.98 Å². The number of aliphatic hydroxyl groups is 1. The quantitative estimate of drug-likeness (QED) is 0.491. The van der Waals surface area contributed by atoms with E-state index in [9.17, 15) is 9.66 Å². The van der Waals surface area contributed by atoms with Crippen molar-refractivity contribution in [3.63, 3.8) is 0 Å². The highest BCUT2D eigenvalue weighted by Crippen LogP contribution is 2.52. The van der Waals surface area contributed by atoms with Crippen LogP contribution in [0.2, 0.25) is 0 Å². The van der Waals surface area contributed by atoms with Crippen LogP contribution < -0.4 is 15.5 Å². The Morgan fingerprint density at radius 1 is 1.12 bits per heavy atom. The Bertz CT molecular complexity index is 1060. The van der Waals surface area contributed by atoms with Gasteiger partial charge in [0.25, 0.3) is 0 Å². The van der Waals surface area contributed by atoms with Gasteiger partial charge < -0.3 is 25.2 Å². The number of benzene rings is 1. The van der Waals surface area contributed by atoms with Crippen molar-refractivity contribution in [1.29, 1.82) is 0 Å². The Morgan fingerprint density at radius 2 is 1.82 bits per heavy atom. The molecule has 0 atom stereocenters. The van der Waals surface area contributed by atoms with E-state index in [2.05, 4.69) is 58.7 Å². The van der Waals surface area contributed by atoms with Gasteiger partial charge in [0.2, 0.25) is 5.95 Å². The molecule has 1 spiro atoms. The van der Waals surface area contributed by atoms with E-state index >= 15 is 0 Å². The van der Waals surface area contributed by atoms with Crippen molar-refractivity contribution in [1.82, 2.24) is 14.9 Å². The first-order valence-corrected chi connectivity index (χ1v) is 14.7. The van der Waals surface area contributed by atoms with Crippen LogP contribution in [0, 0.1) is 0 Å². The molecule has 8 nitrogen and oxygen atoms in total. The van der Waals surface area contributed by atoms with Gasteiger partial charge in [-0.05, 0) is 63.3 Å². The maximum absolute atomic E-state index is 11.0. The SMILES string of the molecule is CCc1nc(N2CCC3(CC2)c2ccccc2NCN3C)nc(NC2(CO)CC2)c1S(C)(C)O. The van der Waals surface area contributed by atoms with E-state index in [4.69, 9.17) is 9.97 Å². The second-order valence-corrected chi connectivity index (χ2v) is 13.4. The molecule has 1 saturated carbocycles. The smallest absolute Gasteiger partial charge is 0.227 e. The average molecular weight is 487 g/mol. The van der Waals surface area contributed by atoms with Crippen LogP contribution in [0.4, 0.5) is 17.5 Å². The summed E-state index contributed by atoms with van der Waals surface area (Å²) in [5.74, 6) is 1.42. The molecule has 9 heteroatoms. The molecule has 0 unspecified atom stereocenters. The number of anilines is 3. The van der Waals surface area contributed by atoms with E-state index in [0.717, 1.165) is 68.4 Å². The van der Waals surface area contributed by atoms with Crippen LogP contribution in [0.1, 0.15) is 43.9 Å². The van der Waals surface area contributed by atoms with Gasteiger partial charge in [0, 0.05) is 18.8 Å². The van der Waals surface area contributed by atoms with Crippen molar-refractivity contribution in [2.45, 2.75) is 55.0 Å². The molecule has 1 saturated heterocycles. The summed E-state index contributed by atoms with van der Waals surface area (Å²) in [6.07, 6.45) is 8.27. The van der Waals surface area contributed by atoms with Crippen LogP contribution in [0.15, 0.2) is 29.2 Å². The molecule has 0 radical (unpaired) electrons. The first kappa shape index (κ1) is 23.7. The predicted octanol–water partition coefficient (Wildman–Crippen LogP) is 3.68. The number of hydrogen-bond acceptors (Lipinski definition) is 8. The summed E-state index contributed by atoms with van der Waals surface area (Å²) in [7, 11) is 0.165. The third-order valence-electron chi connectivity index (χ3n) is 7.84. The van der Waals surface area contributed by atoms with Gasteiger partial charge in [-0.3, -0.25) is 4.90 Å². The lowest BCUT2D eigenvalue weighted by molar-refractivity contribution is 0.0878. The van der Waals surface area contributed by atoms with Crippen molar-refractivity contribution in [2.24, 2.45) is 0 Å². The lowest BCUT2D eigenvalue weighted by Crippen LogP contribution is -2.55. The van der Waals surface area contributed by atoms with Crippen molar-refractivity contribution in [3.8, 4) is 0 Å². The number of piperidine rings is 1. The summed E-state index contributed by atoms with van der Waals surface area (Å²) in [5, 5.41) is 17.0. The molecule has 2 fully saturated rings. The summed E-state index contributed by atoms with van der Waals surface area (Å²) in [5.41, 5.74) is 3.21. The zero-order chi connectivity index (χ0) is 24.1. The zero-order valence-electron chi connectivity index (χ0n) is 20.8. The number of aromatic nitrogens is 2. The van der Waals surface area contributed by atoms with Crippen molar-refractivity contribution < 1.29 is 9.66 Å². The van der Waals surface area contributed by atoms with E-state index in [1.807, 2.05) is 12.5 Å². The topological polar surface area (TPSA) is 96.8 Å². The fourth-order valence-electron chi connectivity index (χ4n) is 5.53. The van der Waals surface area contributed by atoms with Crippen molar-refractivity contribution in [2.75, 3.05) is 61.5 Å². The predicted molar refractivity (Wildman–Crippen MR) is 140 cm³/mol. The maximum Gasteiger partial charge on any atom is 0.227 e.